The van der Waals surface area contributed by atoms with E-state index in [0.29, 0.717) is 17.7 Å². The molecule has 0 fully saturated rings. The Balaban J connectivity index is 0.00000225. The summed E-state index contributed by atoms with van der Waals surface area (Å²) in [5.74, 6) is -0.635. The van der Waals surface area contributed by atoms with Crippen molar-refractivity contribution in [3.05, 3.63) is 83.4 Å². The van der Waals surface area contributed by atoms with E-state index >= 15 is 0 Å². The van der Waals surface area contributed by atoms with E-state index in [-0.39, 0.29) is 18.1 Å². The molecule has 140 valence electrons. The Morgan fingerprint density at radius 1 is 1.07 bits per heavy atom. The minimum atomic E-state index is -0.635. The molecule has 0 bridgehead atoms. The van der Waals surface area contributed by atoms with Crippen molar-refractivity contribution in [2.75, 3.05) is 0 Å². The molecule has 5 nitrogen and oxygen atoms in total. The molecule has 2 aromatic heterocycles. The first-order valence-corrected chi connectivity index (χ1v) is 8.42. The summed E-state index contributed by atoms with van der Waals surface area (Å²) in [4.78, 5) is 4.05. The van der Waals surface area contributed by atoms with Gasteiger partial charge in [-0.15, -0.1) is 12.4 Å². The van der Waals surface area contributed by atoms with Crippen LogP contribution in [0.2, 0.25) is 0 Å². The molecule has 0 amide bonds. The van der Waals surface area contributed by atoms with Gasteiger partial charge in [0.05, 0.1) is 0 Å². The fourth-order valence-corrected chi connectivity index (χ4v) is 3.13. The number of aromatic nitrogens is 2. The molecule has 2 heterocycles. The molecule has 4 aromatic rings. The van der Waals surface area contributed by atoms with E-state index in [2.05, 4.69) is 10.1 Å². The van der Waals surface area contributed by atoms with Crippen molar-refractivity contribution in [2.45, 2.75) is 12.5 Å². The van der Waals surface area contributed by atoms with E-state index in [1.54, 1.807) is 12.1 Å². The number of para-hydroxylation sites is 1. The number of nitriles is 1. The Morgan fingerprint density at radius 2 is 1.82 bits per heavy atom. The Labute approximate surface area is 167 Å². The van der Waals surface area contributed by atoms with Crippen LogP contribution in [-0.4, -0.2) is 10.1 Å². The van der Waals surface area contributed by atoms with E-state index in [0.717, 1.165) is 22.2 Å². The lowest BCUT2D eigenvalue weighted by atomic mass is 9.94. The average Bonchev–Trinajstić information content (AvgIpc) is 3.13. The SMILES string of the molecule is Cl.N#Cc1nc(C[C@H](N)c2ccccc2-c2noc3ccccc23)ccc1F. The number of halogens is 2. The third-order valence-corrected chi connectivity index (χ3v) is 4.43. The smallest absolute Gasteiger partial charge is 0.176 e. The van der Waals surface area contributed by atoms with Crippen molar-refractivity contribution < 1.29 is 8.91 Å². The van der Waals surface area contributed by atoms with Gasteiger partial charge in [0.15, 0.2) is 17.1 Å². The van der Waals surface area contributed by atoms with Crippen LogP contribution in [0.15, 0.2) is 65.2 Å². The minimum Gasteiger partial charge on any atom is -0.356 e. The first-order chi connectivity index (χ1) is 13.2. The van der Waals surface area contributed by atoms with E-state index in [4.69, 9.17) is 15.5 Å². The standard InChI is InChI=1S/C21H15FN4O.ClH/c22-17-10-9-13(25-19(17)12-23)11-18(24)14-5-1-2-6-15(14)21-16-7-3-4-8-20(16)27-26-21;/h1-10,18H,11,24H2;1H/t18-;/m0./s1. The monoisotopic (exact) mass is 394 g/mol. The van der Waals surface area contributed by atoms with Gasteiger partial charge in [-0.2, -0.15) is 5.26 Å². The normalized spacial score (nSPS) is 11.6. The quantitative estimate of drug-likeness (QED) is 0.547. The minimum absolute atomic E-state index is 0. The summed E-state index contributed by atoms with van der Waals surface area (Å²) in [6, 6.07) is 19.5. The van der Waals surface area contributed by atoms with Crippen LogP contribution in [0.3, 0.4) is 0 Å². The van der Waals surface area contributed by atoms with Gasteiger partial charge in [0.1, 0.15) is 11.8 Å². The van der Waals surface area contributed by atoms with Crippen LogP contribution in [-0.2, 0) is 6.42 Å². The third-order valence-electron chi connectivity index (χ3n) is 4.43. The number of benzene rings is 2. The lowest BCUT2D eigenvalue weighted by Gasteiger charge is -2.15. The van der Waals surface area contributed by atoms with Gasteiger partial charge in [-0.25, -0.2) is 9.37 Å². The fourth-order valence-electron chi connectivity index (χ4n) is 3.13. The van der Waals surface area contributed by atoms with Crippen molar-refractivity contribution in [3.8, 4) is 17.3 Å². The van der Waals surface area contributed by atoms with Gasteiger partial charge in [-0.3, -0.25) is 0 Å². The molecule has 1 atom stereocenters. The number of fused-ring (bicyclic) bond motifs is 1. The van der Waals surface area contributed by atoms with Gasteiger partial charge < -0.3 is 10.3 Å². The van der Waals surface area contributed by atoms with Crippen LogP contribution in [0, 0.1) is 17.1 Å². The summed E-state index contributed by atoms with van der Waals surface area (Å²) < 4.78 is 18.9. The fraction of sp³-hybridized carbons (Fsp3) is 0.0952. The van der Waals surface area contributed by atoms with Crippen LogP contribution < -0.4 is 5.73 Å². The highest BCUT2D eigenvalue weighted by Crippen LogP contribution is 2.33. The van der Waals surface area contributed by atoms with Gasteiger partial charge in [0, 0.05) is 29.1 Å². The van der Waals surface area contributed by atoms with Crippen LogP contribution in [0.1, 0.15) is 23.0 Å². The summed E-state index contributed by atoms with van der Waals surface area (Å²) >= 11 is 0. The highest BCUT2D eigenvalue weighted by molar-refractivity contribution is 5.92. The zero-order valence-corrected chi connectivity index (χ0v) is 15.5. The van der Waals surface area contributed by atoms with Gasteiger partial charge in [-0.1, -0.05) is 41.6 Å². The maximum Gasteiger partial charge on any atom is 0.176 e. The van der Waals surface area contributed by atoms with Crippen LogP contribution in [0.25, 0.3) is 22.2 Å². The van der Waals surface area contributed by atoms with Gasteiger partial charge in [-0.05, 0) is 29.8 Å². The second-order valence-electron chi connectivity index (χ2n) is 6.17. The molecule has 0 saturated heterocycles. The molecule has 0 radical (unpaired) electrons. The Morgan fingerprint density at radius 3 is 2.64 bits per heavy atom. The number of rotatable bonds is 4. The average molecular weight is 395 g/mol. The van der Waals surface area contributed by atoms with Crippen molar-refractivity contribution in [1.82, 2.24) is 10.1 Å². The second kappa shape index (κ2) is 8.17. The molecule has 0 aliphatic heterocycles. The largest absolute Gasteiger partial charge is 0.356 e. The molecule has 0 saturated carbocycles. The lowest BCUT2D eigenvalue weighted by Crippen LogP contribution is -2.15. The topological polar surface area (TPSA) is 88.7 Å². The Bertz CT molecular complexity index is 1170. The molecule has 2 aromatic carbocycles. The van der Waals surface area contributed by atoms with E-state index in [1.807, 2.05) is 48.5 Å². The Hall–Kier alpha value is -3.27. The molecule has 0 aliphatic rings. The summed E-state index contributed by atoms with van der Waals surface area (Å²) in [5.41, 5.74) is 9.94. The number of hydrogen-bond acceptors (Lipinski definition) is 5. The summed E-state index contributed by atoms with van der Waals surface area (Å²) in [7, 11) is 0. The summed E-state index contributed by atoms with van der Waals surface area (Å²) in [6.07, 6.45) is 0.363. The molecule has 0 spiro atoms. The van der Waals surface area contributed by atoms with Crippen molar-refractivity contribution in [2.24, 2.45) is 5.73 Å². The highest BCUT2D eigenvalue weighted by atomic mass is 35.5. The molecule has 28 heavy (non-hydrogen) atoms. The van der Waals surface area contributed by atoms with E-state index in [9.17, 15) is 4.39 Å². The zero-order valence-electron chi connectivity index (χ0n) is 14.7. The molecule has 0 aliphatic carbocycles. The predicted molar refractivity (Wildman–Crippen MR) is 106 cm³/mol. The molecular formula is C21H16ClFN4O. The van der Waals surface area contributed by atoms with Crippen molar-refractivity contribution in [1.29, 1.82) is 5.26 Å². The molecule has 2 N–H and O–H groups in total. The number of pyridine rings is 1. The molecule has 0 unspecified atom stereocenters. The molecule has 4 rings (SSSR count). The maximum absolute atomic E-state index is 13.5. The lowest BCUT2D eigenvalue weighted by molar-refractivity contribution is 0.459. The third kappa shape index (κ3) is 3.58. The van der Waals surface area contributed by atoms with Gasteiger partial charge in [0.2, 0.25) is 0 Å². The van der Waals surface area contributed by atoms with Crippen LogP contribution in [0.5, 0.6) is 0 Å². The van der Waals surface area contributed by atoms with Crippen LogP contribution >= 0.6 is 12.4 Å². The Kier molecular flexibility index (Phi) is 5.69. The summed E-state index contributed by atoms with van der Waals surface area (Å²) in [5, 5.41) is 14.1. The first kappa shape index (κ1) is 19.5. The molecular weight excluding hydrogens is 379 g/mol. The number of nitrogens with two attached hydrogens (primary N) is 1. The molecule has 7 heteroatoms. The second-order valence-corrected chi connectivity index (χ2v) is 6.17. The summed E-state index contributed by atoms with van der Waals surface area (Å²) in [6.45, 7) is 0. The van der Waals surface area contributed by atoms with Crippen molar-refractivity contribution >= 4 is 23.4 Å². The highest BCUT2D eigenvalue weighted by Gasteiger charge is 2.18. The zero-order chi connectivity index (χ0) is 18.8. The van der Waals surface area contributed by atoms with Crippen LogP contribution in [0.4, 0.5) is 4.39 Å². The first-order valence-electron chi connectivity index (χ1n) is 8.42. The van der Waals surface area contributed by atoms with Gasteiger partial charge >= 0.3 is 0 Å². The maximum atomic E-state index is 13.5. The predicted octanol–water partition coefficient (Wildman–Crippen LogP) is 4.56. The number of hydrogen-bond donors (Lipinski definition) is 1. The van der Waals surface area contributed by atoms with Gasteiger partial charge in [0.25, 0.3) is 0 Å². The van der Waals surface area contributed by atoms with E-state index in [1.165, 1.54) is 6.07 Å². The number of nitrogens with zero attached hydrogens (tertiary/aromatic N) is 3. The van der Waals surface area contributed by atoms with Crippen molar-refractivity contribution in [3.63, 3.8) is 0 Å². The van der Waals surface area contributed by atoms with E-state index < -0.39 is 11.9 Å².